The lowest BCUT2D eigenvalue weighted by molar-refractivity contribution is -0.124. The Hall–Kier alpha value is -0.610. The average Bonchev–Trinajstić information content (AvgIpc) is 2.19. The van der Waals surface area contributed by atoms with E-state index in [1.165, 1.54) is 0 Å². The molecule has 4 nitrogen and oxygen atoms in total. The fraction of sp³-hybridized carbons (Fsp3) is 0.889. The smallest absolute Gasteiger partial charge is 0.237 e. The van der Waals surface area contributed by atoms with E-state index in [1.54, 1.807) is 6.92 Å². The van der Waals surface area contributed by atoms with Crippen LogP contribution in [0.3, 0.4) is 0 Å². The summed E-state index contributed by atoms with van der Waals surface area (Å²) in [5.41, 5.74) is 0. The molecule has 1 saturated heterocycles. The highest BCUT2D eigenvalue weighted by Gasteiger charge is 2.20. The van der Waals surface area contributed by atoms with Crippen molar-refractivity contribution in [3.05, 3.63) is 0 Å². The largest absolute Gasteiger partial charge is 0.394 e. The SMILES string of the molecule is C[C@@H](CO)NC(=O)[C@H]1CCCCN1. The summed E-state index contributed by atoms with van der Waals surface area (Å²) in [7, 11) is 0. The molecule has 4 heteroatoms. The van der Waals surface area contributed by atoms with Crippen LogP contribution >= 0.6 is 0 Å². The zero-order chi connectivity index (χ0) is 9.68. The third-order valence-electron chi connectivity index (χ3n) is 2.29. The molecule has 1 rings (SSSR count). The number of aliphatic hydroxyl groups is 1. The van der Waals surface area contributed by atoms with Gasteiger partial charge < -0.3 is 15.7 Å². The van der Waals surface area contributed by atoms with Gasteiger partial charge in [0.1, 0.15) is 0 Å². The fourth-order valence-electron chi connectivity index (χ4n) is 1.46. The average molecular weight is 186 g/mol. The maximum Gasteiger partial charge on any atom is 0.237 e. The molecule has 76 valence electrons. The number of carbonyl (C=O) groups excluding carboxylic acids is 1. The van der Waals surface area contributed by atoms with Crippen LogP contribution in [-0.2, 0) is 4.79 Å². The Morgan fingerprint density at radius 3 is 3.00 bits per heavy atom. The minimum atomic E-state index is -0.142. The van der Waals surface area contributed by atoms with Crippen molar-refractivity contribution in [3.63, 3.8) is 0 Å². The van der Waals surface area contributed by atoms with Gasteiger partial charge in [0.25, 0.3) is 0 Å². The van der Waals surface area contributed by atoms with Crippen LogP contribution < -0.4 is 10.6 Å². The molecule has 0 unspecified atom stereocenters. The second-order valence-electron chi connectivity index (χ2n) is 3.59. The molecular formula is C9H18N2O2. The Labute approximate surface area is 78.7 Å². The molecule has 13 heavy (non-hydrogen) atoms. The molecule has 3 N–H and O–H groups in total. The van der Waals surface area contributed by atoms with Crippen molar-refractivity contribution >= 4 is 5.91 Å². The summed E-state index contributed by atoms with van der Waals surface area (Å²) >= 11 is 0. The van der Waals surface area contributed by atoms with Crippen molar-refractivity contribution in [3.8, 4) is 0 Å². The molecule has 0 aromatic carbocycles. The first kappa shape index (κ1) is 10.5. The first-order valence-corrected chi connectivity index (χ1v) is 4.88. The third-order valence-corrected chi connectivity index (χ3v) is 2.29. The second-order valence-corrected chi connectivity index (χ2v) is 3.59. The van der Waals surface area contributed by atoms with Crippen molar-refractivity contribution < 1.29 is 9.90 Å². The van der Waals surface area contributed by atoms with Gasteiger partial charge in [0.15, 0.2) is 0 Å². The number of carbonyl (C=O) groups is 1. The number of rotatable bonds is 3. The second kappa shape index (κ2) is 5.19. The summed E-state index contributed by atoms with van der Waals surface area (Å²) in [4.78, 5) is 11.5. The van der Waals surface area contributed by atoms with E-state index in [0.29, 0.717) is 0 Å². The van der Waals surface area contributed by atoms with Gasteiger partial charge in [-0.2, -0.15) is 0 Å². The number of piperidine rings is 1. The number of amides is 1. The number of hydrogen-bond donors (Lipinski definition) is 3. The zero-order valence-corrected chi connectivity index (χ0v) is 8.05. The highest BCUT2D eigenvalue weighted by molar-refractivity contribution is 5.82. The molecule has 0 bridgehead atoms. The van der Waals surface area contributed by atoms with Gasteiger partial charge in [0, 0.05) is 6.04 Å². The van der Waals surface area contributed by atoms with Crippen molar-refractivity contribution in [2.75, 3.05) is 13.2 Å². The summed E-state index contributed by atoms with van der Waals surface area (Å²) in [6.45, 7) is 2.71. The number of nitrogens with one attached hydrogen (secondary N) is 2. The molecular weight excluding hydrogens is 168 g/mol. The predicted octanol–water partition coefficient (Wildman–Crippen LogP) is -0.374. The lowest BCUT2D eigenvalue weighted by Gasteiger charge is -2.23. The van der Waals surface area contributed by atoms with Crippen LogP contribution in [0.2, 0.25) is 0 Å². The maximum absolute atomic E-state index is 11.5. The summed E-state index contributed by atoms with van der Waals surface area (Å²) in [6.07, 6.45) is 3.17. The lowest BCUT2D eigenvalue weighted by Crippen LogP contribution is -2.49. The van der Waals surface area contributed by atoms with Crippen LogP contribution in [0.25, 0.3) is 0 Å². The van der Waals surface area contributed by atoms with Crippen LogP contribution in [-0.4, -0.2) is 36.2 Å². The molecule has 1 aliphatic rings. The first-order chi connectivity index (χ1) is 6.24. The van der Waals surface area contributed by atoms with E-state index in [-0.39, 0.29) is 24.6 Å². The molecule has 1 heterocycles. The van der Waals surface area contributed by atoms with Gasteiger partial charge in [0.2, 0.25) is 5.91 Å². The fourth-order valence-corrected chi connectivity index (χ4v) is 1.46. The Bertz CT molecular complexity index is 167. The van der Waals surface area contributed by atoms with Gasteiger partial charge in [-0.05, 0) is 26.3 Å². The Kier molecular flexibility index (Phi) is 4.18. The first-order valence-electron chi connectivity index (χ1n) is 4.88. The van der Waals surface area contributed by atoms with E-state index in [4.69, 9.17) is 5.11 Å². The van der Waals surface area contributed by atoms with Gasteiger partial charge in [-0.15, -0.1) is 0 Å². The highest BCUT2D eigenvalue weighted by atomic mass is 16.3. The summed E-state index contributed by atoms with van der Waals surface area (Å²) in [5.74, 6) is 0.0150. The predicted molar refractivity (Wildman–Crippen MR) is 50.3 cm³/mol. The van der Waals surface area contributed by atoms with Crippen LogP contribution in [0.15, 0.2) is 0 Å². The maximum atomic E-state index is 11.5. The summed E-state index contributed by atoms with van der Waals surface area (Å²) in [6, 6.07) is -0.195. The normalized spacial score (nSPS) is 25.2. The van der Waals surface area contributed by atoms with Crippen molar-refractivity contribution in [2.24, 2.45) is 0 Å². The molecule has 0 aliphatic carbocycles. The highest BCUT2D eigenvalue weighted by Crippen LogP contribution is 2.06. The zero-order valence-electron chi connectivity index (χ0n) is 8.05. The minimum Gasteiger partial charge on any atom is -0.394 e. The monoisotopic (exact) mass is 186 g/mol. The van der Waals surface area contributed by atoms with Gasteiger partial charge in [-0.1, -0.05) is 6.42 Å². The van der Waals surface area contributed by atoms with Crippen LogP contribution in [0, 0.1) is 0 Å². The quantitative estimate of drug-likeness (QED) is 0.563. The van der Waals surface area contributed by atoms with Crippen LogP contribution in [0.1, 0.15) is 26.2 Å². The molecule has 0 radical (unpaired) electrons. The Morgan fingerprint density at radius 2 is 2.46 bits per heavy atom. The topological polar surface area (TPSA) is 61.4 Å². The van der Waals surface area contributed by atoms with Gasteiger partial charge in [0.05, 0.1) is 12.6 Å². The summed E-state index contributed by atoms with van der Waals surface area (Å²) in [5, 5.41) is 14.6. The van der Waals surface area contributed by atoms with Crippen molar-refractivity contribution in [1.29, 1.82) is 0 Å². The van der Waals surface area contributed by atoms with Gasteiger partial charge >= 0.3 is 0 Å². The third kappa shape index (κ3) is 3.32. The Balaban J connectivity index is 2.29. The van der Waals surface area contributed by atoms with Gasteiger partial charge in [-0.3, -0.25) is 4.79 Å². The minimum absolute atomic E-state index is 0.00153. The van der Waals surface area contributed by atoms with E-state index >= 15 is 0 Å². The van der Waals surface area contributed by atoms with E-state index in [1.807, 2.05) is 0 Å². The Morgan fingerprint density at radius 1 is 1.69 bits per heavy atom. The molecule has 0 aromatic rings. The summed E-state index contributed by atoms with van der Waals surface area (Å²) < 4.78 is 0. The number of hydrogen-bond acceptors (Lipinski definition) is 3. The molecule has 2 atom stereocenters. The van der Waals surface area contributed by atoms with E-state index in [2.05, 4.69) is 10.6 Å². The molecule has 1 amide bonds. The lowest BCUT2D eigenvalue weighted by atomic mass is 10.0. The van der Waals surface area contributed by atoms with Crippen LogP contribution in [0.4, 0.5) is 0 Å². The van der Waals surface area contributed by atoms with Gasteiger partial charge in [-0.25, -0.2) is 0 Å². The van der Waals surface area contributed by atoms with Crippen LogP contribution in [0.5, 0.6) is 0 Å². The molecule has 0 spiro atoms. The molecule has 1 aliphatic heterocycles. The van der Waals surface area contributed by atoms with Crippen molar-refractivity contribution in [2.45, 2.75) is 38.3 Å². The van der Waals surface area contributed by atoms with Crippen molar-refractivity contribution in [1.82, 2.24) is 10.6 Å². The van der Waals surface area contributed by atoms with E-state index in [0.717, 1.165) is 25.8 Å². The molecule has 0 aromatic heterocycles. The standard InChI is InChI=1S/C9H18N2O2/c1-7(6-12)11-9(13)8-4-2-3-5-10-8/h7-8,10,12H,2-6H2,1H3,(H,11,13)/t7-,8+/m0/s1. The molecule has 0 saturated carbocycles. The molecule has 1 fully saturated rings. The number of aliphatic hydroxyl groups excluding tert-OH is 1. The van der Waals surface area contributed by atoms with E-state index in [9.17, 15) is 4.79 Å². The van der Waals surface area contributed by atoms with E-state index < -0.39 is 0 Å².